The molecule has 1 aliphatic rings. The zero-order valence-corrected chi connectivity index (χ0v) is 17.9. The summed E-state index contributed by atoms with van der Waals surface area (Å²) in [7, 11) is -2.92. The first-order valence-electron chi connectivity index (χ1n) is 9.17. The first-order valence-corrected chi connectivity index (χ1v) is 12.0. The molecule has 1 atom stereocenters. The highest BCUT2D eigenvalue weighted by atomic mass is 32.2. The van der Waals surface area contributed by atoms with Gasteiger partial charge in [-0.2, -0.15) is 0 Å². The van der Waals surface area contributed by atoms with Crippen LogP contribution < -0.4 is 5.32 Å². The maximum absolute atomic E-state index is 12.1. The van der Waals surface area contributed by atoms with Gasteiger partial charge in [-0.3, -0.25) is 4.79 Å². The Morgan fingerprint density at radius 2 is 1.96 bits per heavy atom. The molecule has 0 bridgehead atoms. The second-order valence-corrected chi connectivity index (χ2v) is 11.3. The predicted octanol–water partition coefficient (Wildman–Crippen LogP) is 3.08. The van der Waals surface area contributed by atoms with Crippen molar-refractivity contribution in [3.8, 4) is 0 Å². The highest BCUT2D eigenvalue weighted by molar-refractivity contribution is 7.99. The van der Waals surface area contributed by atoms with Gasteiger partial charge in [-0.25, -0.2) is 8.42 Å². The number of carbonyl (C=O) groups is 1. The molecule has 1 fully saturated rings. The summed E-state index contributed by atoms with van der Waals surface area (Å²) in [5, 5.41) is 11.1. The van der Waals surface area contributed by atoms with E-state index in [4.69, 9.17) is 4.42 Å². The SMILES string of the molecule is CC(C)(C)c1ccc(NC(=O)CSc2nnc(C[C@@H]3CCS(=O)(=O)C3)o2)cc1. The number of hydrogen-bond acceptors (Lipinski definition) is 7. The van der Waals surface area contributed by atoms with Crippen LogP contribution in [0.3, 0.4) is 0 Å². The molecule has 2 aromatic rings. The minimum absolute atomic E-state index is 0.0302. The zero-order valence-electron chi connectivity index (χ0n) is 16.3. The third-order valence-corrected chi connectivity index (χ3v) is 7.26. The van der Waals surface area contributed by atoms with Crippen molar-refractivity contribution >= 4 is 33.2 Å². The zero-order chi connectivity index (χ0) is 20.4. The topological polar surface area (TPSA) is 102 Å². The molecular formula is C19H25N3O4S2. The average molecular weight is 424 g/mol. The number of nitrogens with one attached hydrogen (secondary N) is 1. The van der Waals surface area contributed by atoms with Crippen LogP contribution in [0.1, 0.15) is 38.6 Å². The van der Waals surface area contributed by atoms with Gasteiger partial charge < -0.3 is 9.73 Å². The van der Waals surface area contributed by atoms with Crippen molar-refractivity contribution in [1.29, 1.82) is 0 Å². The summed E-state index contributed by atoms with van der Waals surface area (Å²) in [6, 6.07) is 7.81. The number of thioether (sulfide) groups is 1. The maximum Gasteiger partial charge on any atom is 0.277 e. The van der Waals surface area contributed by atoms with Crippen molar-refractivity contribution in [2.75, 3.05) is 22.6 Å². The Morgan fingerprint density at radius 1 is 1.25 bits per heavy atom. The summed E-state index contributed by atoms with van der Waals surface area (Å²) < 4.78 is 28.6. The molecule has 1 aliphatic heterocycles. The van der Waals surface area contributed by atoms with Crippen LogP contribution in [0.25, 0.3) is 0 Å². The summed E-state index contributed by atoms with van der Waals surface area (Å²) in [5.74, 6) is 0.847. The Hall–Kier alpha value is -1.87. The largest absolute Gasteiger partial charge is 0.416 e. The van der Waals surface area contributed by atoms with E-state index >= 15 is 0 Å². The molecule has 0 aliphatic carbocycles. The number of sulfone groups is 1. The fourth-order valence-corrected chi connectivity index (χ4v) is 5.48. The van der Waals surface area contributed by atoms with Gasteiger partial charge in [-0.1, -0.05) is 44.7 Å². The van der Waals surface area contributed by atoms with Gasteiger partial charge in [0.25, 0.3) is 5.22 Å². The molecule has 1 N–H and O–H groups in total. The van der Waals surface area contributed by atoms with Crippen molar-refractivity contribution in [3.05, 3.63) is 35.7 Å². The van der Waals surface area contributed by atoms with Crippen molar-refractivity contribution in [2.45, 2.75) is 44.3 Å². The predicted molar refractivity (Wildman–Crippen MR) is 109 cm³/mol. The minimum atomic E-state index is -2.92. The molecule has 3 rings (SSSR count). The van der Waals surface area contributed by atoms with Crippen LogP contribution in [-0.4, -0.2) is 41.8 Å². The molecule has 0 radical (unpaired) electrons. The van der Waals surface area contributed by atoms with E-state index in [0.29, 0.717) is 24.0 Å². The summed E-state index contributed by atoms with van der Waals surface area (Å²) in [4.78, 5) is 12.1. The van der Waals surface area contributed by atoms with Gasteiger partial charge in [0.15, 0.2) is 9.84 Å². The quantitative estimate of drug-likeness (QED) is 0.712. The van der Waals surface area contributed by atoms with E-state index in [-0.39, 0.29) is 34.5 Å². The average Bonchev–Trinajstić information content (AvgIpc) is 3.19. The molecule has 0 saturated carbocycles. The number of rotatable bonds is 6. The van der Waals surface area contributed by atoms with Gasteiger partial charge in [0, 0.05) is 12.1 Å². The third kappa shape index (κ3) is 5.81. The second kappa shape index (κ2) is 8.24. The number of nitrogens with zero attached hydrogens (tertiary/aromatic N) is 2. The fraction of sp³-hybridized carbons (Fsp3) is 0.526. The molecule has 152 valence electrons. The van der Waals surface area contributed by atoms with Gasteiger partial charge in [-0.15, -0.1) is 10.2 Å². The number of aromatic nitrogens is 2. The lowest BCUT2D eigenvalue weighted by molar-refractivity contribution is -0.113. The first kappa shape index (κ1) is 20.9. The Labute approximate surface area is 169 Å². The van der Waals surface area contributed by atoms with Crippen molar-refractivity contribution < 1.29 is 17.6 Å². The van der Waals surface area contributed by atoms with Crippen molar-refractivity contribution in [3.63, 3.8) is 0 Å². The molecule has 1 saturated heterocycles. The molecule has 1 amide bonds. The summed E-state index contributed by atoms with van der Waals surface area (Å²) in [6.45, 7) is 6.42. The fourth-order valence-electron chi connectivity index (χ4n) is 3.04. The highest BCUT2D eigenvalue weighted by Crippen LogP contribution is 2.25. The van der Waals surface area contributed by atoms with Gasteiger partial charge in [-0.05, 0) is 35.4 Å². The normalized spacial score (nSPS) is 18.9. The Morgan fingerprint density at radius 3 is 2.57 bits per heavy atom. The molecule has 1 aromatic heterocycles. The van der Waals surface area contributed by atoms with Crippen molar-refractivity contribution in [1.82, 2.24) is 10.2 Å². The minimum Gasteiger partial charge on any atom is -0.416 e. The van der Waals surface area contributed by atoms with E-state index in [9.17, 15) is 13.2 Å². The van der Waals surface area contributed by atoms with Gasteiger partial charge in [0.2, 0.25) is 11.8 Å². The molecule has 28 heavy (non-hydrogen) atoms. The Kier molecular flexibility index (Phi) is 6.14. The van der Waals surface area contributed by atoms with Crippen LogP contribution in [0.5, 0.6) is 0 Å². The lowest BCUT2D eigenvalue weighted by atomic mass is 9.87. The lowest BCUT2D eigenvalue weighted by Gasteiger charge is -2.19. The molecule has 9 heteroatoms. The van der Waals surface area contributed by atoms with E-state index in [1.807, 2.05) is 24.3 Å². The molecular weight excluding hydrogens is 398 g/mol. The van der Waals surface area contributed by atoms with Gasteiger partial charge in [0.1, 0.15) is 0 Å². The monoisotopic (exact) mass is 423 g/mol. The van der Waals surface area contributed by atoms with Gasteiger partial charge in [0.05, 0.1) is 17.3 Å². The second-order valence-electron chi connectivity index (χ2n) is 8.10. The van der Waals surface area contributed by atoms with E-state index in [2.05, 4.69) is 36.3 Å². The van der Waals surface area contributed by atoms with E-state index in [1.165, 1.54) is 5.56 Å². The van der Waals surface area contributed by atoms with E-state index < -0.39 is 9.84 Å². The smallest absolute Gasteiger partial charge is 0.277 e. The van der Waals surface area contributed by atoms with E-state index in [1.54, 1.807) is 0 Å². The Bertz CT molecular complexity index is 931. The molecule has 2 heterocycles. The van der Waals surface area contributed by atoms with Crippen LogP contribution in [-0.2, 0) is 26.5 Å². The van der Waals surface area contributed by atoms with Crippen molar-refractivity contribution in [2.24, 2.45) is 5.92 Å². The summed E-state index contributed by atoms with van der Waals surface area (Å²) in [6.07, 6.45) is 1.09. The number of benzene rings is 1. The number of amides is 1. The maximum atomic E-state index is 12.1. The number of anilines is 1. The summed E-state index contributed by atoms with van der Waals surface area (Å²) in [5.41, 5.74) is 2.01. The Balaban J connectivity index is 1.47. The standard InChI is InChI=1S/C19H25N3O4S2/c1-19(2,3)14-4-6-15(7-5-14)20-16(23)11-27-18-22-21-17(26-18)10-13-8-9-28(24,25)12-13/h4-7,13H,8-12H2,1-3H3,(H,20,23)/t13-/m0/s1. The molecule has 1 aromatic carbocycles. The number of carbonyl (C=O) groups excluding carboxylic acids is 1. The lowest BCUT2D eigenvalue weighted by Crippen LogP contribution is -2.15. The molecule has 0 unspecified atom stereocenters. The molecule has 0 spiro atoms. The van der Waals surface area contributed by atoms with Crippen LogP contribution in [0.4, 0.5) is 5.69 Å². The van der Waals surface area contributed by atoms with Crippen LogP contribution >= 0.6 is 11.8 Å². The molecule has 7 nitrogen and oxygen atoms in total. The summed E-state index contributed by atoms with van der Waals surface area (Å²) >= 11 is 1.16. The van der Waals surface area contributed by atoms with Crippen LogP contribution in [0, 0.1) is 5.92 Å². The van der Waals surface area contributed by atoms with Gasteiger partial charge >= 0.3 is 0 Å². The third-order valence-electron chi connectivity index (χ3n) is 4.60. The highest BCUT2D eigenvalue weighted by Gasteiger charge is 2.29. The van der Waals surface area contributed by atoms with Crippen LogP contribution in [0.15, 0.2) is 33.9 Å². The van der Waals surface area contributed by atoms with Crippen LogP contribution in [0.2, 0.25) is 0 Å². The first-order chi connectivity index (χ1) is 13.1. The number of hydrogen-bond donors (Lipinski definition) is 1. The van der Waals surface area contributed by atoms with E-state index in [0.717, 1.165) is 17.4 Å².